The van der Waals surface area contributed by atoms with Gasteiger partial charge in [0, 0.05) is 27.5 Å². The second-order valence-electron chi connectivity index (χ2n) is 4.80. The molecule has 3 aromatic rings. The lowest BCUT2D eigenvalue weighted by atomic mass is 10.2. The summed E-state index contributed by atoms with van der Waals surface area (Å²) in [5, 5.41) is 5.28. The molecule has 0 saturated carbocycles. The molecule has 0 spiro atoms. The van der Waals surface area contributed by atoms with E-state index in [1.807, 2.05) is 29.0 Å². The number of aromatic nitrogens is 2. The van der Waals surface area contributed by atoms with Gasteiger partial charge in [-0.3, -0.25) is 0 Å². The van der Waals surface area contributed by atoms with Crippen LogP contribution in [0.5, 0.6) is 5.75 Å². The fourth-order valence-corrected chi connectivity index (χ4v) is 3.71. The van der Waals surface area contributed by atoms with Crippen molar-refractivity contribution in [2.45, 2.75) is 6.61 Å². The van der Waals surface area contributed by atoms with Crippen LogP contribution in [0.25, 0.3) is 16.6 Å². The fraction of sp³-hybridized carbons (Fsp3) is 0.118. The highest BCUT2D eigenvalue weighted by Crippen LogP contribution is 2.34. The topological polar surface area (TPSA) is 61.3 Å². The Bertz CT molecular complexity index is 891. The van der Waals surface area contributed by atoms with Crippen molar-refractivity contribution in [1.82, 2.24) is 9.97 Å². The number of nitrogens with zero attached hydrogens (tertiary/aromatic N) is 2. The molecule has 0 N–H and O–H groups in total. The average molecular weight is 437 g/mol. The zero-order chi connectivity index (χ0) is 17.6. The van der Waals surface area contributed by atoms with E-state index in [1.165, 1.54) is 28.7 Å². The van der Waals surface area contributed by atoms with E-state index in [0.717, 1.165) is 25.8 Å². The second kappa shape index (κ2) is 8.37. The zero-order valence-corrected chi connectivity index (χ0v) is 16.4. The highest BCUT2D eigenvalue weighted by Gasteiger charge is 2.12. The summed E-state index contributed by atoms with van der Waals surface area (Å²) in [6.07, 6.45) is 4.68. The Labute approximate surface area is 161 Å². The summed E-state index contributed by atoms with van der Waals surface area (Å²) < 4.78 is 11.5. The number of thiazole rings is 2. The summed E-state index contributed by atoms with van der Waals surface area (Å²) in [6.45, 7) is 0.119. The maximum absolute atomic E-state index is 11.8. The Balaban J connectivity index is 1.64. The summed E-state index contributed by atoms with van der Waals surface area (Å²) in [6, 6.07) is 5.74. The first-order chi connectivity index (χ1) is 12.2. The molecule has 0 aliphatic carbocycles. The molecule has 0 unspecified atom stereocenters. The molecule has 0 aliphatic rings. The van der Waals surface area contributed by atoms with Crippen molar-refractivity contribution in [3.05, 3.63) is 56.4 Å². The van der Waals surface area contributed by atoms with E-state index in [2.05, 4.69) is 25.9 Å². The van der Waals surface area contributed by atoms with E-state index >= 15 is 0 Å². The molecule has 1 aromatic carbocycles. The Morgan fingerprint density at radius 2 is 2.24 bits per heavy atom. The van der Waals surface area contributed by atoms with Gasteiger partial charge in [-0.05, 0) is 24.3 Å². The van der Waals surface area contributed by atoms with Crippen LogP contribution in [0, 0.1) is 0 Å². The van der Waals surface area contributed by atoms with Gasteiger partial charge in [0.05, 0.1) is 18.4 Å². The molecule has 0 radical (unpaired) electrons. The van der Waals surface area contributed by atoms with Crippen LogP contribution in [0.1, 0.15) is 10.7 Å². The predicted octanol–water partition coefficient (Wildman–Crippen LogP) is 4.79. The van der Waals surface area contributed by atoms with Gasteiger partial charge < -0.3 is 9.47 Å². The zero-order valence-electron chi connectivity index (χ0n) is 13.1. The maximum atomic E-state index is 11.8. The molecule has 0 fully saturated rings. The fourth-order valence-electron chi connectivity index (χ4n) is 1.99. The molecule has 0 aliphatic heterocycles. The predicted molar refractivity (Wildman–Crippen MR) is 103 cm³/mol. The molecule has 0 saturated heterocycles. The van der Waals surface area contributed by atoms with Crippen LogP contribution in [0.2, 0.25) is 0 Å². The Morgan fingerprint density at radius 3 is 3.00 bits per heavy atom. The van der Waals surface area contributed by atoms with Crippen molar-refractivity contribution < 1.29 is 14.3 Å². The molecule has 0 atom stereocenters. The van der Waals surface area contributed by atoms with Crippen LogP contribution in [-0.4, -0.2) is 23.0 Å². The molecule has 5 nitrogen and oxygen atoms in total. The number of hydrogen-bond donors (Lipinski definition) is 0. The van der Waals surface area contributed by atoms with Crippen molar-refractivity contribution in [3.63, 3.8) is 0 Å². The quantitative estimate of drug-likeness (QED) is 0.410. The number of hydrogen-bond acceptors (Lipinski definition) is 7. The number of carbonyl (C=O) groups is 1. The molecule has 25 heavy (non-hydrogen) atoms. The number of methoxy groups -OCH3 is 1. The third-order valence-corrected chi connectivity index (χ3v) is 5.28. The number of benzene rings is 1. The average Bonchev–Trinajstić information content (AvgIpc) is 3.30. The molecule has 128 valence electrons. The Hall–Kier alpha value is -2.03. The minimum atomic E-state index is -0.426. The number of halogens is 1. The highest BCUT2D eigenvalue weighted by atomic mass is 79.9. The summed E-state index contributed by atoms with van der Waals surface area (Å²) in [7, 11) is 1.62. The molecule has 2 aromatic heterocycles. The van der Waals surface area contributed by atoms with Gasteiger partial charge in [-0.1, -0.05) is 15.9 Å². The Kier molecular flexibility index (Phi) is 5.95. The molecule has 8 heteroatoms. The summed E-state index contributed by atoms with van der Waals surface area (Å²) in [4.78, 5) is 20.3. The van der Waals surface area contributed by atoms with Crippen molar-refractivity contribution in [2.75, 3.05) is 7.11 Å². The standard InChI is InChI=1S/C17H13BrN2O3S2/c1-22-14-3-2-11(18)8-13(14)17-20-12(10-25-17)9-23-16(21)5-4-15-19-6-7-24-15/h2-8,10H,9H2,1H3/b5-4+. The van der Waals surface area contributed by atoms with Crippen LogP contribution in [-0.2, 0) is 16.1 Å². The number of ether oxygens (including phenoxy) is 2. The second-order valence-corrected chi connectivity index (χ2v) is 7.50. The lowest BCUT2D eigenvalue weighted by molar-refractivity contribution is -0.139. The summed E-state index contributed by atoms with van der Waals surface area (Å²) in [5.41, 5.74) is 1.58. The van der Waals surface area contributed by atoms with E-state index in [1.54, 1.807) is 19.4 Å². The SMILES string of the molecule is COc1ccc(Br)cc1-c1nc(COC(=O)/C=C/c2nccs2)cs1. The highest BCUT2D eigenvalue weighted by molar-refractivity contribution is 9.10. The summed E-state index contributed by atoms with van der Waals surface area (Å²) >= 11 is 6.38. The van der Waals surface area contributed by atoms with Gasteiger partial charge in [0.25, 0.3) is 0 Å². The third-order valence-electron chi connectivity index (χ3n) is 3.12. The van der Waals surface area contributed by atoms with Crippen LogP contribution in [0.4, 0.5) is 0 Å². The lowest BCUT2D eigenvalue weighted by Crippen LogP contribution is -2.01. The van der Waals surface area contributed by atoms with Crippen LogP contribution in [0.3, 0.4) is 0 Å². The summed E-state index contributed by atoms with van der Waals surface area (Å²) in [5.74, 6) is 0.317. The Morgan fingerprint density at radius 1 is 1.36 bits per heavy atom. The van der Waals surface area contributed by atoms with Crippen molar-refractivity contribution >= 4 is 50.6 Å². The molecule has 2 heterocycles. The van der Waals surface area contributed by atoms with Crippen LogP contribution < -0.4 is 4.74 Å². The van der Waals surface area contributed by atoms with Crippen LogP contribution >= 0.6 is 38.6 Å². The molecular formula is C17H13BrN2O3S2. The van der Waals surface area contributed by atoms with E-state index in [0.29, 0.717) is 5.69 Å². The number of esters is 1. The first kappa shape index (κ1) is 17.8. The first-order valence-corrected chi connectivity index (χ1v) is 9.73. The minimum Gasteiger partial charge on any atom is -0.496 e. The van der Waals surface area contributed by atoms with Gasteiger partial charge in [0.2, 0.25) is 0 Å². The van der Waals surface area contributed by atoms with Crippen molar-refractivity contribution in [1.29, 1.82) is 0 Å². The van der Waals surface area contributed by atoms with Gasteiger partial charge in [-0.15, -0.1) is 22.7 Å². The van der Waals surface area contributed by atoms with E-state index in [-0.39, 0.29) is 6.61 Å². The maximum Gasteiger partial charge on any atom is 0.331 e. The van der Waals surface area contributed by atoms with Gasteiger partial charge in [0.15, 0.2) is 0 Å². The van der Waals surface area contributed by atoms with E-state index in [4.69, 9.17) is 9.47 Å². The molecule has 0 amide bonds. The molecular weight excluding hydrogens is 424 g/mol. The van der Waals surface area contributed by atoms with Crippen molar-refractivity contribution in [2.24, 2.45) is 0 Å². The normalized spacial score (nSPS) is 11.0. The third kappa shape index (κ3) is 4.75. The smallest absolute Gasteiger partial charge is 0.331 e. The largest absolute Gasteiger partial charge is 0.496 e. The molecule has 0 bridgehead atoms. The number of rotatable bonds is 6. The van der Waals surface area contributed by atoms with E-state index in [9.17, 15) is 4.79 Å². The van der Waals surface area contributed by atoms with Crippen molar-refractivity contribution in [3.8, 4) is 16.3 Å². The lowest BCUT2D eigenvalue weighted by Gasteiger charge is -2.06. The molecule has 3 rings (SSSR count). The van der Waals surface area contributed by atoms with Gasteiger partial charge in [-0.25, -0.2) is 14.8 Å². The van der Waals surface area contributed by atoms with Crippen LogP contribution in [0.15, 0.2) is 45.7 Å². The first-order valence-electron chi connectivity index (χ1n) is 7.18. The minimum absolute atomic E-state index is 0.119. The van der Waals surface area contributed by atoms with Gasteiger partial charge >= 0.3 is 5.97 Å². The monoisotopic (exact) mass is 436 g/mol. The number of carbonyl (C=O) groups excluding carboxylic acids is 1. The van der Waals surface area contributed by atoms with Gasteiger partial charge in [0.1, 0.15) is 22.4 Å². The van der Waals surface area contributed by atoms with E-state index < -0.39 is 5.97 Å². The van der Waals surface area contributed by atoms with Gasteiger partial charge in [-0.2, -0.15) is 0 Å².